The summed E-state index contributed by atoms with van der Waals surface area (Å²) in [4.78, 5) is 38.4. The first-order valence-electron chi connectivity index (χ1n) is 10.2. The molecule has 7 nitrogen and oxygen atoms in total. The van der Waals surface area contributed by atoms with E-state index in [2.05, 4.69) is 5.32 Å². The number of nitrogens with one attached hydrogen (secondary N) is 1. The molecule has 0 fully saturated rings. The van der Waals surface area contributed by atoms with Crippen molar-refractivity contribution in [3.63, 3.8) is 0 Å². The van der Waals surface area contributed by atoms with Crippen LogP contribution in [-0.2, 0) is 14.3 Å². The number of anilines is 1. The zero-order valence-corrected chi connectivity index (χ0v) is 19.6. The molecule has 0 unspecified atom stereocenters. The fourth-order valence-corrected chi connectivity index (χ4v) is 4.23. The van der Waals surface area contributed by atoms with E-state index in [1.807, 2.05) is 6.07 Å². The van der Waals surface area contributed by atoms with Gasteiger partial charge in [0.25, 0.3) is 5.91 Å². The smallest absolute Gasteiger partial charge is 0.349 e. The molecule has 0 radical (unpaired) electrons. The first-order chi connectivity index (χ1) is 15.9. The van der Waals surface area contributed by atoms with Crippen molar-refractivity contribution >= 4 is 45.8 Å². The van der Waals surface area contributed by atoms with E-state index in [4.69, 9.17) is 25.8 Å². The van der Waals surface area contributed by atoms with Gasteiger partial charge in [-0.3, -0.25) is 4.79 Å². The van der Waals surface area contributed by atoms with Crippen molar-refractivity contribution in [2.75, 3.05) is 25.1 Å². The van der Waals surface area contributed by atoms with Crippen molar-refractivity contribution in [2.24, 2.45) is 0 Å². The minimum atomic E-state index is -0.655. The number of rotatable bonds is 9. The first kappa shape index (κ1) is 24.3. The molecule has 1 amide bonds. The van der Waals surface area contributed by atoms with Gasteiger partial charge in [0.05, 0.1) is 13.2 Å². The number of carbonyl (C=O) groups excluding carboxylic acids is 3. The van der Waals surface area contributed by atoms with E-state index in [9.17, 15) is 14.4 Å². The summed E-state index contributed by atoms with van der Waals surface area (Å²) in [6.07, 6.45) is 0. The van der Waals surface area contributed by atoms with E-state index >= 15 is 0 Å². The van der Waals surface area contributed by atoms with Crippen molar-refractivity contribution in [1.82, 2.24) is 0 Å². The Bertz CT molecular complexity index is 1130. The summed E-state index contributed by atoms with van der Waals surface area (Å²) in [5.41, 5.74) is 1.07. The van der Waals surface area contributed by atoms with Gasteiger partial charge in [-0.25, -0.2) is 9.59 Å². The Morgan fingerprint density at radius 3 is 2.18 bits per heavy atom. The van der Waals surface area contributed by atoms with Gasteiger partial charge in [0.1, 0.15) is 21.2 Å². The highest BCUT2D eigenvalue weighted by molar-refractivity contribution is 7.19. The molecule has 0 spiro atoms. The zero-order chi connectivity index (χ0) is 23.8. The second-order valence-electron chi connectivity index (χ2n) is 6.61. The molecule has 0 aliphatic heterocycles. The minimum absolute atomic E-state index is 0.0935. The van der Waals surface area contributed by atoms with Gasteiger partial charge in [0, 0.05) is 10.6 Å². The van der Waals surface area contributed by atoms with Crippen molar-refractivity contribution in [1.29, 1.82) is 0 Å². The van der Waals surface area contributed by atoms with E-state index in [0.717, 1.165) is 11.3 Å². The summed E-state index contributed by atoms with van der Waals surface area (Å²) >= 11 is 6.81. The number of carbonyl (C=O) groups is 3. The topological polar surface area (TPSA) is 90.9 Å². The third kappa shape index (κ3) is 6.12. The average molecular weight is 488 g/mol. The van der Waals surface area contributed by atoms with Gasteiger partial charge in [-0.1, -0.05) is 41.9 Å². The van der Waals surface area contributed by atoms with Gasteiger partial charge in [-0.15, -0.1) is 11.3 Å². The average Bonchev–Trinajstić information content (AvgIpc) is 3.19. The molecular weight excluding hydrogens is 466 g/mol. The maximum Gasteiger partial charge on any atom is 0.349 e. The highest BCUT2D eigenvalue weighted by Gasteiger charge is 2.30. The summed E-state index contributed by atoms with van der Waals surface area (Å²) in [5, 5.41) is 3.41. The van der Waals surface area contributed by atoms with Crippen LogP contribution in [0.25, 0.3) is 11.1 Å². The predicted molar refractivity (Wildman–Crippen MR) is 127 cm³/mol. The van der Waals surface area contributed by atoms with Crippen LogP contribution in [0, 0.1) is 0 Å². The predicted octanol–water partition coefficient (Wildman–Crippen LogP) is 5.44. The highest BCUT2D eigenvalue weighted by Crippen LogP contribution is 2.41. The molecule has 0 saturated carbocycles. The summed E-state index contributed by atoms with van der Waals surface area (Å²) in [6, 6.07) is 15.5. The van der Waals surface area contributed by atoms with Crippen molar-refractivity contribution in [2.45, 2.75) is 13.8 Å². The first-order valence-corrected chi connectivity index (χ1v) is 11.4. The van der Waals surface area contributed by atoms with Crippen molar-refractivity contribution in [3.05, 3.63) is 70.1 Å². The summed E-state index contributed by atoms with van der Waals surface area (Å²) < 4.78 is 15.9. The van der Waals surface area contributed by atoms with E-state index < -0.39 is 17.8 Å². The molecule has 1 N–H and O–H groups in total. The molecular formula is C24H22ClNO6S. The number of halogens is 1. The third-order valence-electron chi connectivity index (χ3n) is 4.35. The van der Waals surface area contributed by atoms with E-state index in [-0.39, 0.29) is 35.3 Å². The molecule has 2 aromatic carbocycles. The zero-order valence-electron chi connectivity index (χ0n) is 18.1. The molecule has 1 heterocycles. The van der Waals surface area contributed by atoms with E-state index in [0.29, 0.717) is 21.9 Å². The van der Waals surface area contributed by atoms with Gasteiger partial charge in [0.2, 0.25) is 0 Å². The maximum atomic E-state index is 12.9. The molecule has 0 bridgehead atoms. The third-order valence-corrected chi connectivity index (χ3v) is 5.68. The van der Waals surface area contributed by atoms with E-state index in [1.54, 1.807) is 62.4 Å². The summed E-state index contributed by atoms with van der Waals surface area (Å²) in [7, 11) is 0. The number of benzene rings is 2. The molecule has 1 aromatic heterocycles. The Kier molecular flexibility index (Phi) is 8.46. The Hall–Kier alpha value is -3.36. The van der Waals surface area contributed by atoms with Crippen LogP contribution in [0.5, 0.6) is 5.75 Å². The van der Waals surface area contributed by atoms with Crippen LogP contribution in [0.15, 0.2) is 54.6 Å². The van der Waals surface area contributed by atoms with Crippen LogP contribution in [0.3, 0.4) is 0 Å². The van der Waals surface area contributed by atoms with Crippen LogP contribution >= 0.6 is 22.9 Å². The van der Waals surface area contributed by atoms with Crippen molar-refractivity contribution in [3.8, 4) is 16.9 Å². The van der Waals surface area contributed by atoms with Gasteiger partial charge in [-0.05, 0) is 43.7 Å². The second kappa shape index (κ2) is 11.5. The lowest BCUT2D eigenvalue weighted by Crippen LogP contribution is -2.21. The standard InChI is InChI=1S/C24H22ClNO6S/c1-3-30-23(28)20-19(15-8-6-5-7-9-15)21(24(29)31-4-2)33-22(20)26-18(27)14-32-17-12-10-16(25)11-13-17/h5-13H,3-4,14H2,1-2H3,(H,26,27). The molecule has 3 aromatic rings. The molecule has 3 rings (SSSR count). The van der Waals surface area contributed by atoms with Crippen LogP contribution in [0.1, 0.15) is 33.9 Å². The molecule has 0 saturated heterocycles. The van der Waals surface area contributed by atoms with Gasteiger partial charge in [-0.2, -0.15) is 0 Å². The second-order valence-corrected chi connectivity index (χ2v) is 8.07. The lowest BCUT2D eigenvalue weighted by Gasteiger charge is -2.10. The Morgan fingerprint density at radius 1 is 0.909 bits per heavy atom. The summed E-state index contributed by atoms with van der Waals surface area (Å²) in [5.74, 6) is -1.29. The fourth-order valence-electron chi connectivity index (χ4n) is 2.98. The number of thiophene rings is 1. The number of amides is 1. The van der Waals surface area contributed by atoms with Gasteiger partial charge >= 0.3 is 11.9 Å². The van der Waals surface area contributed by atoms with Crippen LogP contribution in [0.4, 0.5) is 5.00 Å². The maximum absolute atomic E-state index is 12.9. The quantitative estimate of drug-likeness (QED) is 0.404. The lowest BCUT2D eigenvalue weighted by atomic mass is 10.0. The van der Waals surface area contributed by atoms with Crippen LogP contribution in [-0.4, -0.2) is 37.7 Å². The number of ether oxygens (including phenoxy) is 3. The highest BCUT2D eigenvalue weighted by atomic mass is 35.5. The fraction of sp³-hybridized carbons (Fsp3) is 0.208. The Labute approximate surface area is 200 Å². The van der Waals surface area contributed by atoms with Gasteiger partial charge < -0.3 is 19.5 Å². The Balaban J connectivity index is 1.96. The largest absolute Gasteiger partial charge is 0.484 e. The summed E-state index contributed by atoms with van der Waals surface area (Å²) in [6.45, 7) is 3.35. The molecule has 33 heavy (non-hydrogen) atoms. The molecule has 0 aliphatic rings. The SMILES string of the molecule is CCOC(=O)c1sc(NC(=O)COc2ccc(Cl)cc2)c(C(=O)OCC)c1-c1ccccc1. The number of esters is 2. The minimum Gasteiger partial charge on any atom is -0.484 e. The molecule has 172 valence electrons. The number of hydrogen-bond donors (Lipinski definition) is 1. The normalized spacial score (nSPS) is 10.4. The number of hydrogen-bond acceptors (Lipinski definition) is 7. The molecule has 9 heteroatoms. The molecule has 0 aliphatic carbocycles. The van der Waals surface area contributed by atoms with Gasteiger partial charge in [0.15, 0.2) is 6.61 Å². The van der Waals surface area contributed by atoms with E-state index in [1.165, 1.54) is 0 Å². The lowest BCUT2D eigenvalue weighted by molar-refractivity contribution is -0.118. The monoisotopic (exact) mass is 487 g/mol. The van der Waals surface area contributed by atoms with Crippen LogP contribution in [0.2, 0.25) is 5.02 Å². The molecule has 0 atom stereocenters. The van der Waals surface area contributed by atoms with Crippen molar-refractivity contribution < 1.29 is 28.6 Å². The Morgan fingerprint density at radius 2 is 1.55 bits per heavy atom. The van der Waals surface area contributed by atoms with Crippen LogP contribution < -0.4 is 10.1 Å².